The number of carbonyl (C=O) groups is 1. The quantitative estimate of drug-likeness (QED) is 0.670. The zero-order valence-corrected chi connectivity index (χ0v) is 9.95. The number of likely N-dealkylation sites (N-methyl/N-ethyl adjacent to an activating group) is 1. The third-order valence-electron chi connectivity index (χ3n) is 2.95. The molecular weight excluding hydrogens is 192 g/mol. The number of hydrogen-bond acceptors (Lipinski definition) is 3. The third-order valence-corrected chi connectivity index (χ3v) is 2.95. The van der Waals surface area contributed by atoms with Crippen molar-refractivity contribution in [2.45, 2.75) is 25.8 Å². The van der Waals surface area contributed by atoms with Crippen LogP contribution in [0.4, 0.5) is 0 Å². The summed E-state index contributed by atoms with van der Waals surface area (Å²) in [6, 6.07) is 0.351. The molecule has 1 fully saturated rings. The highest BCUT2D eigenvalue weighted by atomic mass is 16.5. The van der Waals surface area contributed by atoms with Gasteiger partial charge in [-0.2, -0.15) is 0 Å². The molecule has 0 aromatic rings. The van der Waals surface area contributed by atoms with Crippen LogP contribution >= 0.6 is 0 Å². The van der Waals surface area contributed by atoms with Gasteiger partial charge in [-0.1, -0.05) is 0 Å². The second kappa shape index (κ2) is 6.08. The fraction of sp³-hybridized carbons (Fsp3) is 0.909. The number of rotatable bonds is 7. The summed E-state index contributed by atoms with van der Waals surface area (Å²) in [7, 11) is 3.53. The minimum absolute atomic E-state index is 0.152. The summed E-state index contributed by atoms with van der Waals surface area (Å²) in [5, 5.41) is 3.28. The van der Waals surface area contributed by atoms with Crippen LogP contribution in [0.15, 0.2) is 0 Å². The first kappa shape index (κ1) is 12.5. The molecule has 1 aliphatic rings. The van der Waals surface area contributed by atoms with Crippen LogP contribution in [0.3, 0.4) is 0 Å². The van der Waals surface area contributed by atoms with Crippen LogP contribution in [-0.4, -0.2) is 50.7 Å². The molecule has 0 aromatic heterocycles. The largest absolute Gasteiger partial charge is 0.383 e. The van der Waals surface area contributed by atoms with E-state index in [-0.39, 0.29) is 5.91 Å². The number of carbonyl (C=O) groups excluding carboxylic acids is 1. The van der Waals surface area contributed by atoms with Gasteiger partial charge in [-0.3, -0.25) is 4.79 Å². The lowest BCUT2D eigenvalue weighted by Gasteiger charge is -2.20. The summed E-state index contributed by atoms with van der Waals surface area (Å²) in [6.07, 6.45) is 2.53. The molecule has 1 aliphatic carbocycles. The topological polar surface area (TPSA) is 41.6 Å². The molecule has 0 bridgehead atoms. The smallest absolute Gasteiger partial charge is 0.236 e. The highest BCUT2D eigenvalue weighted by Crippen LogP contribution is 2.32. The normalized spacial score (nSPS) is 17.5. The maximum Gasteiger partial charge on any atom is 0.236 e. The Morgan fingerprint density at radius 3 is 2.73 bits per heavy atom. The van der Waals surface area contributed by atoms with Crippen LogP contribution in [0.5, 0.6) is 0 Å². The van der Waals surface area contributed by atoms with Crippen molar-refractivity contribution in [2.75, 3.05) is 33.9 Å². The highest BCUT2D eigenvalue weighted by Gasteiger charge is 2.31. The fourth-order valence-corrected chi connectivity index (χ4v) is 1.57. The Kier molecular flexibility index (Phi) is 5.05. The second-order valence-electron chi connectivity index (χ2n) is 4.19. The Morgan fingerprint density at radius 2 is 2.27 bits per heavy atom. The first-order chi connectivity index (χ1) is 7.19. The zero-order valence-electron chi connectivity index (χ0n) is 9.95. The van der Waals surface area contributed by atoms with Crippen molar-refractivity contribution in [3.8, 4) is 0 Å². The highest BCUT2D eigenvalue weighted by molar-refractivity contribution is 5.77. The van der Waals surface area contributed by atoms with Crippen molar-refractivity contribution in [1.82, 2.24) is 10.2 Å². The summed E-state index contributed by atoms with van der Waals surface area (Å²) in [5.41, 5.74) is 0. The van der Waals surface area contributed by atoms with E-state index < -0.39 is 0 Å². The van der Waals surface area contributed by atoms with Crippen LogP contribution in [0, 0.1) is 5.92 Å². The van der Waals surface area contributed by atoms with E-state index in [2.05, 4.69) is 5.32 Å². The number of nitrogens with one attached hydrogen (secondary N) is 1. The van der Waals surface area contributed by atoms with Gasteiger partial charge in [0.25, 0.3) is 0 Å². The predicted molar refractivity (Wildman–Crippen MR) is 59.7 cm³/mol. The lowest BCUT2D eigenvalue weighted by molar-refractivity contribution is -0.128. The van der Waals surface area contributed by atoms with E-state index in [1.165, 1.54) is 12.8 Å². The van der Waals surface area contributed by atoms with Gasteiger partial charge >= 0.3 is 0 Å². The molecule has 0 aliphatic heterocycles. The molecule has 0 aromatic carbocycles. The van der Waals surface area contributed by atoms with E-state index in [9.17, 15) is 4.79 Å². The number of amides is 1. The molecule has 4 nitrogen and oxygen atoms in total. The Labute approximate surface area is 92.0 Å². The predicted octanol–water partition coefficient (Wildman–Crippen LogP) is 0.479. The molecular formula is C11H22N2O2. The molecule has 0 spiro atoms. The molecule has 0 heterocycles. The van der Waals surface area contributed by atoms with Crippen LogP contribution in [0.1, 0.15) is 19.8 Å². The van der Waals surface area contributed by atoms with E-state index in [4.69, 9.17) is 4.74 Å². The summed E-state index contributed by atoms with van der Waals surface area (Å²) >= 11 is 0. The van der Waals surface area contributed by atoms with Crippen molar-refractivity contribution >= 4 is 5.91 Å². The van der Waals surface area contributed by atoms with E-state index in [0.29, 0.717) is 25.1 Å². The van der Waals surface area contributed by atoms with Crippen LogP contribution in [0.25, 0.3) is 0 Å². The Bertz CT molecular complexity index is 205. The number of hydrogen-bond donors (Lipinski definition) is 1. The number of nitrogens with zero attached hydrogens (tertiary/aromatic N) is 1. The monoisotopic (exact) mass is 214 g/mol. The summed E-state index contributed by atoms with van der Waals surface area (Å²) in [4.78, 5) is 13.3. The van der Waals surface area contributed by atoms with Crippen molar-refractivity contribution in [3.05, 3.63) is 0 Å². The van der Waals surface area contributed by atoms with Gasteiger partial charge in [0.1, 0.15) is 0 Å². The lowest BCUT2D eigenvalue weighted by atomic mass is 10.2. The van der Waals surface area contributed by atoms with Crippen molar-refractivity contribution in [3.63, 3.8) is 0 Å². The first-order valence-electron chi connectivity index (χ1n) is 5.65. The Balaban J connectivity index is 2.23. The summed E-state index contributed by atoms with van der Waals surface area (Å²) in [6.45, 7) is 3.87. The van der Waals surface area contributed by atoms with Crippen LogP contribution in [-0.2, 0) is 9.53 Å². The lowest BCUT2D eigenvalue weighted by Crippen LogP contribution is -2.42. The van der Waals surface area contributed by atoms with Crippen molar-refractivity contribution < 1.29 is 9.53 Å². The van der Waals surface area contributed by atoms with E-state index >= 15 is 0 Å². The maximum absolute atomic E-state index is 11.5. The minimum atomic E-state index is 0.152. The van der Waals surface area contributed by atoms with Gasteiger partial charge in [-0.25, -0.2) is 0 Å². The average molecular weight is 214 g/mol. The Hall–Kier alpha value is -0.610. The van der Waals surface area contributed by atoms with Crippen LogP contribution in [0.2, 0.25) is 0 Å². The van der Waals surface area contributed by atoms with Gasteiger partial charge in [0.15, 0.2) is 0 Å². The first-order valence-corrected chi connectivity index (χ1v) is 5.65. The van der Waals surface area contributed by atoms with Crippen LogP contribution < -0.4 is 5.32 Å². The molecule has 88 valence electrons. The molecule has 1 N–H and O–H groups in total. The molecule has 1 amide bonds. The van der Waals surface area contributed by atoms with Gasteiger partial charge in [0, 0.05) is 26.7 Å². The van der Waals surface area contributed by atoms with E-state index in [0.717, 1.165) is 6.54 Å². The molecule has 4 heteroatoms. The number of methoxy groups -OCH3 is 1. The summed E-state index contributed by atoms with van der Waals surface area (Å²) < 4.78 is 5.14. The summed E-state index contributed by atoms with van der Waals surface area (Å²) in [5.74, 6) is 0.865. The van der Waals surface area contributed by atoms with Crippen molar-refractivity contribution in [1.29, 1.82) is 0 Å². The Morgan fingerprint density at radius 1 is 1.60 bits per heavy atom. The molecule has 0 radical (unpaired) electrons. The third kappa shape index (κ3) is 4.18. The zero-order chi connectivity index (χ0) is 11.3. The van der Waals surface area contributed by atoms with E-state index in [1.807, 2.05) is 14.0 Å². The van der Waals surface area contributed by atoms with Gasteiger partial charge in [0.05, 0.1) is 13.2 Å². The molecule has 1 saturated carbocycles. The van der Waals surface area contributed by atoms with Crippen molar-refractivity contribution in [2.24, 2.45) is 5.92 Å². The van der Waals surface area contributed by atoms with Gasteiger partial charge < -0.3 is 15.0 Å². The molecule has 1 unspecified atom stereocenters. The standard InChI is InChI=1S/C11H22N2O2/c1-4-13(2)11(14)7-12-10(8-15-3)9-5-6-9/h9-10,12H,4-8H2,1-3H3. The molecule has 15 heavy (non-hydrogen) atoms. The average Bonchev–Trinajstić information content (AvgIpc) is 3.06. The molecule has 0 saturated heterocycles. The molecule has 1 atom stereocenters. The van der Waals surface area contributed by atoms with Gasteiger partial charge in [-0.15, -0.1) is 0 Å². The number of ether oxygens (including phenoxy) is 1. The van der Waals surface area contributed by atoms with Gasteiger partial charge in [0.2, 0.25) is 5.91 Å². The fourth-order valence-electron chi connectivity index (χ4n) is 1.57. The minimum Gasteiger partial charge on any atom is -0.383 e. The molecule has 1 rings (SSSR count). The maximum atomic E-state index is 11.5. The van der Waals surface area contributed by atoms with E-state index in [1.54, 1.807) is 12.0 Å². The SMILES string of the molecule is CCN(C)C(=O)CNC(COC)C1CC1. The second-order valence-corrected chi connectivity index (χ2v) is 4.19. The van der Waals surface area contributed by atoms with Gasteiger partial charge in [-0.05, 0) is 25.7 Å².